The highest BCUT2D eigenvalue weighted by molar-refractivity contribution is 5.84. The van der Waals surface area contributed by atoms with E-state index in [0.717, 1.165) is 19.3 Å². The van der Waals surface area contributed by atoms with Crippen molar-refractivity contribution >= 4 is 5.91 Å². The van der Waals surface area contributed by atoms with Crippen molar-refractivity contribution in [1.29, 1.82) is 5.26 Å². The number of nitrogens with one attached hydrogen (secondary N) is 1. The molecule has 2 fully saturated rings. The molecule has 0 aliphatic heterocycles. The van der Waals surface area contributed by atoms with Crippen LogP contribution in [-0.2, 0) is 4.79 Å². The van der Waals surface area contributed by atoms with Gasteiger partial charge in [0, 0.05) is 5.92 Å². The molecule has 0 bridgehead atoms. The molecule has 2 saturated carbocycles. The molecule has 0 aromatic heterocycles. The number of hydrogen-bond donors (Lipinski definition) is 1. The topological polar surface area (TPSA) is 52.9 Å². The zero-order chi connectivity index (χ0) is 14.3. The number of nitriles is 1. The van der Waals surface area contributed by atoms with Crippen LogP contribution in [-0.4, -0.2) is 11.4 Å². The molecule has 1 N–H and O–H groups in total. The third-order valence-corrected chi connectivity index (χ3v) is 4.48. The predicted molar refractivity (Wildman–Crippen MR) is 77.1 cm³/mol. The lowest BCUT2D eigenvalue weighted by atomic mass is 10.00. The van der Waals surface area contributed by atoms with Crippen LogP contribution in [0.1, 0.15) is 56.1 Å². The molecule has 1 amide bonds. The summed E-state index contributed by atoms with van der Waals surface area (Å²) in [4.78, 5) is 12.1. The zero-order valence-electron chi connectivity index (χ0n) is 12.0. The van der Waals surface area contributed by atoms with Crippen molar-refractivity contribution < 1.29 is 4.79 Å². The molecule has 3 rings (SSSR count). The van der Waals surface area contributed by atoms with Crippen LogP contribution in [0.2, 0.25) is 0 Å². The van der Waals surface area contributed by atoms with Gasteiger partial charge in [-0.1, -0.05) is 38.1 Å². The Morgan fingerprint density at radius 1 is 1.35 bits per heavy atom. The third-order valence-electron chi connectivity index (χ3n) is 4.48. The van der Waals surface area contributed by atoms with Crippen LogP contribution in [0.15, 0.2) is 24.3 Å². The SMILES string of the molecule is CC(C)c1ccc([C@@H]2C[C@H]2C(=O)NC2(C#N)CC2)cc1. The number of carbonyl (C=O) groups excluding carboxylic acids is 1. The van der Waals surface area contributed by atoms with Gasteiger partial charge in [0.1, 0.15) is 5.54 Å². The van der Waals surface area contributed by atoms with E-state index in [-0.39, 0.29) is 11.8 Å². The highest BCUT2D eigenvalue weighted by Crippen LogP contribution is 2.48. The summed E-state index contributed by atoms with van der Waals surface area (Å²) in [5.41, 5.74) is 2.04. The van der Waals surface area contributed by atoms with Gasteiger partial charge in [-0.25, -0.2) is 0 Å². The fourth-order valence-corrected chi connectivity index (χ4v) is 2.70. The van der Waals surface area contributed by atoms with E-state index in [0.29, 0.717) is 11.8 Å². The first-order chi connectivity index (χ1) is 9.54. The van der Waals surface area contributed by atoms with Gasteiger partial charge < -0.3 is 5.32 Å². The Morgan fingerprint density at radius 3 is 2.50 bits per heavy atom. The monoisotopic (exact) mass is 268 g/mol. The zero-order valence-corrected chi connectivity index (χ0v) is 12.0. The van der Waals surface area contributed by atoms with Crippen molar-refractivity contribution in [3.8, 4) is 6.07 Å². The molecule has 0 saturated heterocycles. The molecule has 1 aromatic carbocycles. The highest BCUT2D eigenvalue weighted by atomic mass is 16.2. The average Bonchev–Trinajstić information content (AvgIpc) is 3.33. The largest absolute Gasteiger partial charge is 0.338 e. The van der Waals surface area contributed by atoms with Crippen LogP contribution >= 0.6 is 0 Å². The van der Waals surface area contributed by atoms with Gasteiger partial charge in [-0.2, -0.15) is 5.26 Å². The second-order valence-electron chi connectivity index (χ2n) is 6.45. The molecule has 3 heteroatoms. The fourth-order valence-electron chi connectivity index (χ4n) is 2.70. The van der Waals surface area contributed by atoms with Crippen molar-refractivity contribution in [2.45, 2.75) is 50.5 Å². The molecular formula is C17H20N2O. The Kier molecular flexibility index (Phi) is 3.05. The number of benzene rings is 1. The van der Waals surface area contributed by atoms with Crippen LogP contribution in [0.5, 0.6) is 0 Å². The van der Waals surface area contributed by atoms with Gasteiger partial charge in [0.25, 0.3) is 0 Å². The van der Waals surface area contributed by atoms with Crippen LogP contribution in [0.4, 0.5) is 0 Å². The fraction of sp³-hybridized carbons (Fsp3) is 0.529. The van der Waals surface area contributed by atoms with Crippen LogP contribution in [0.25, 0.3) is 0 Å². The molecule has 0 spiro atoms. The van der Waals surface area contributed by atoms with Crippen molar-refractivity contribution in [3.05, 3.63) is 35.4 Å². The van der Waals surface area contributed by atoms with Crippen molar-refractivity contribution in [2.75, 3.05) is 0 Å². The first kappa shape index (κ1) is 13.2. The molecule has 2 atom stereocenters. The minimum absolute atomic E-state index is 0.0574. The van der Waals surface area contributed by atoms with Crippen molar-refractivity contribution in [3.63, 3.8) is 0 Å². The third kappa shape index (κ3) is 2.43. The lowest BCUT2D eigenvalue weighted by molar-refractivity contribution is -0.123. The number of rotatable bonds is 4. The second-order valence-corrected chi connectivity index (χ2v) is 6.45. The molecule has 20 heavy (non-hydrogen) atoms. The normalized spacial score (nSPS) is 25.9. The van der Waals surface area contributed by atoms with Crippen LogP contribution in [0.3, 0.4) is 0 Å². The van der Waals surface area contributed by atoms with Gasteiger partial charge in [0.05, 0.1) is 6.07 Å². The van der Waals surface area contributed by atoms with Crippen molar-refractivity contribution in [1.82, 2.24) is 5.32 Å². The molecule has 104 valence electrons. The molecule has 2 aliphatic rings. The Balaban J connectivity index is 1.61. The molecule has 3 nitrogen and oxygen atoms in total. The summed E-state index contributed by atoms with van der Waals surface area (Å²) < 4.78 is 0. The van der Waals surface area contributed by atoms with Gasteiger partial charge >= 0.3 is 0 Å². The molecule has 1 aromatic rings. The summed E-state index contributed by atoms with van der Waals surface area (Å²) in [6.45, 7) is 4.36. The van der Waals surface area contributed by atoms with E-state index >= 15 is 0 Å². The van der Waals surface area contributed by atoms with E-state index in [1.54, 1.807) is 0 Å². The Hall–Kier alpha value is -1.82. The summed E-state index contributed by atoms with van der Waals surface area (Å²) in [5.74, 6) is 0.992. The van der Waals surface area contributed by atoms with Crippen LogP contribution < -0.4 is 5.32 Å². The number of nitrogens with zero attached hydrogens (tertiary/aromatic N) is 1. The quantitative estimate of drug-likeness (QED) is 0.912. The first-order valence-corrected chi connectivity index (χ1v) is 7.38. The van der Waals surface area contributed by atoms with E-state index in [4.69, 9.17) is 5.26 Å². The summed E-state index contributed by atoms with van der Waals surface area (Å²) in [6.07, 6.45) is 2.51. The minimum atomic E-state index is -0.536. The Labute approximate surface area is 120 Å². The van der Waals surface area contributed by atoms with Gasteiger partial charge in [0.15, 0.2) is 0 Å². The van der Waals surface area contributed by atoms with Gasteiger partial charge in [-0.3, -0.25) is 4.79 Å². The van der Waals surface area contributed by atoms with E-state index in [1.807, 2.05) is 0 Å². The van der Waals surface area contributed by atoms with E-state index < -0.39 is 5.54 Å². The molecule has 0 radical (unpaired) electrons. The summed E-state index contributed by atoms with van der Waals surface area (Å²) in [7, 11) is 0. The number of carbonyl (C=O) groups is 1. The molecule has 2 aliphatic carbocycles. The first-order valence-electron chi connectivity index (χ1n) is 7.38. The van der Waals surface area contributed by atoms with Crippen LogP contribution in [0, 0.1) is 17.2 Å². The Bertz CT molecular complexity index is 564. The Morgan fingerprint density at radius 2 is 2.00 bits per heavy atom. The molecular weight excluding hydrogens is 248 g/mol. The molecule has 0 unspecified atom stereocenters. The van der Waals surface area contributed by atoms with E-state index in [9.17, 15) is 4.79 Å². The average molecular weight is 268 g/mol. The second kappa shape index (κ2) is 4.63. The maximum absolute atomic E-state index is 12.1. The van der Waals surface area contributed by atoms with Gasteiger partial charge in [-0.05, 0) is 42.2 Å². The smallest absolute Gasteiger partial charge is 0.224 e. The van der Waals surface area contributed by atoms with E-state index in [2.05, 4.69) is 49.5 Å². The predicted octanol–water partition coefficient (Wildman–Crippen LogP) is 3.09. The highest BCUT2D eigenvalue weighted by Gasteiger charge is 2.50. The summed E-state index contributed by atoms with van der Waals surface area (Å²) >= 11 is 0. The lowest BCUT2D eigenvalue weighted by Gasteiger charge is -2.09. The lowest BCUT2D eigenvalue weighted by Crippen LogP contribution is -2.36. The maximum Gasteiger partial charge on any atom is 0.224 e. The van der Waals surface area contributed by atoms with Crippen molar-refractivity contribution in [2.24, 2.45) is 5.92 Å². The summed E-state index contributed by atoms with van der Waals surface area (Å²) in [6, 6.07) is 10.8. The maximum atomic E-state index is 12.1. The van der Waals surface area contributed by atoms with Gasteiger partial charge in [0.2, 0.25) is 5.91 Å². The summed E-state index contributed by atoms with van der Waals surface area (Å²) in [5, 5.41) is 11.9. The van der Waals surface area contributed by atoms with E-state index in [1.165, 1.54) is 11.1 Å². The van der Waals surface area contributed by atoms with Gasteiger partial charge in [-0.15, -0.1) is 0 Å². The minimum Gasteiger partial charge on any atom is -0.338 e. The molecule has 0 heterocycles. The number of amides is 1. The number of hydrogen-bond acceptors (Lipinski definition) is 2. The standard InChI is InChI=1S/C17H20N2O/c1-11(2)12-3-5-13(6-4-12)14-9-15(14)16(20)19-17(10-18)7-8-17/h3-6,11,14-15H,7-9H2,1-2H3,(H,19,20)/t14-,15+/m0/s1.